The predicted molar refractivity (Wildman–Crippen MR) is 86.9 cm³/mol. The summed E-state index contributed by atoms with van der Waals surface area (Å²) >= 11 is 0. The van der Waals surface area contributed by atoms with Gasteiger partial charge in [-0.05, 0) is 25.7 Å². The fraction of sp³-hybridized carbons (Fsp3) is 1.00. The molecule has 0 bridgehead atoms. The van der Waals surface area contributed by atoms with Gasteiger partial charge in [-0.2, -0.15) is 0 Å². The van der Waals surface area contributed by atoms with Gasteiger partial charge in [-0.25, -0.2) is 0 Å². The fourth-order valence-electron chi connectivity index (χ4n) is 4.83. The SMILES string of the molecule is CO[Si]1(OC)N(C2CCCCC2)CCN1C1CCCCC1. The Morgan fingerprint density at radius 1 is 0.667 bits per heavy atom. The molecule has 0 spiro atoms. The Labute approximate surface area is 131 Å². The second kappa shape index (κ2) is 7.09. The average Bonchev–Trinajstić information content (AvgIpc) is 2.96. The summed E-state index contributed by atoms with van der Waals surface area (Å²) in [6.45, 7) is 2.30. The second-order valence-electron chi connectivity index (χ2n) is 6.93. The maximum absolute atomic E-state index is 6.15. The van der Waals surface area contributed by atoms with Gasteiger partial charge in [-0.15, -0.1) is 0 Å². The summed E-state index contributed by atoms with van der Waals surface area (Å²) in [6, 6.07) is 1.39. The molecule has 0 aromatic rings. The summed E-state index contributed by atoms with van der Waals surface area (Å²) < 4.78 is 17.6. The monoisotopic (exact) mass is 312 g/mol. The van der Waals surface area contributed by atoms with Gasteiger partial charge in [0.2, 0.25) is 0 Å². The van der Waals surface area contributed by atoms with Gasteiger partial charge < -0.3 is 8.85 Å². The van der Waals surface area contributed by atoms with Crippen LogP contribution in [0.2, 0.25) is 0 Å². The van der Waals surface area contributed by atoms with Crippen LogP contribution in [0.1, 0.15) is 64.2 Å². The summed E-state index contributed by atoms with van der Waals surface area (Å²) in [6.07, 6.45) is 13.7. The van der Waals surface area contributed by atoms with Crippen molar-refractivity contribution < 1.29 is 8.85 Å². The number of hydrogen-bond acceptors (Lipinski definition) is 4. The van der Waals surface area contributed by atoms with Crippen LogP contribution in [0.3, 0.4) is 0 Å². The quantitative estimate of drug-likeness (QED) is 0.745. The van der Waals surface area contributed by atoms with Crippen molar-refractivity contribution in [3.05, 3.63) is 0 Å². The van der Waals surface area contributed by atoms with Crippen LogP contribution in [0.5, 0.6) is 0 Å². The van der Waals surface area contributed by atoms with Gasteiger partial charge in [0, 0.05) is 39.4 Å². The molecule has 2 aliphatic carbocycles. The first-order valence-corrected chi connectivity index (χ1v) is 10.7. The minimum absolute atomic E-state index is 0.693. The molecule has 1 saturated heterocycles. The van der Waals surface area contributed by atoms with Crippen LogP contribution in [0, 0.1) is 0 Å². The zero-order valence-corrected chi connectivity index (χ0v) is 14.9. The summed E-state index contributed by atoms with van der Waals surface area (Å²) in [5.74, 6) is 0. The first-order valence-electron chi connectivity index (χ1n) is 8.95. The van der Waals surface area contributed by atoms with Crippen molar-refractivity contribution in [2.75, 3.05) is 27.3 Å². The largest absolute Gasteiger partial charge is 0.522 e. The summed E-state index contributed by atoms with van der Waals surface area (Å²) in [4.78, 5) is 0. The molecule has 122 valence electrons. The van der Waals surface area contributed by atoms with Gasteiger partial charge >= 0.3 is 8.88 Å². The third-order valence-electron chi connectivity index (χ3n) is 5.87. The molecule has 21 heavy (non-hydrogen) atoms. The minimum Gasteiger partial charge on any atom is -0.374 e. The van der Waals surface area contributed by atoms with E-state index in [1.165, 1.54) is 64.2 Å². The molecule has 1 heterocycles. The van der Waals surface area contributed by atoms with Gasteiger partial charge in [0.1, 0.15) is 0 Å². The van der Waals surface area contributed by atoms with E-state index < -0.39 is 8.88 Å². The highest BCUT2D eigenvalue weighted by atomic mass is 28.4. The lowest BCUT2D eigenvalue weighted by Gasteiger charge is -2.44. The van der Waals surface area contributed by atoms with Crippen LogP contribution in [0.25, 0.3) is 0 Å². The van der Waals surface area contributed by atoms with E-state index in [0.29, 0.717) is 12.1 Å². The lowest BCUT2D eigenvalue weighted by molar-refractivity contribution is 0.0905. The highest BCUT2D eigenvalue weighted by molar-refractivity contribution is 6.62. The molecule has 3 aliphatic rings. The molecule has 3 rings (SSSR count). The molecule has 4 nitrogen and oxygen atoms in total. The minimum atomic E-state index is -2.35. The Morgan fingerprint density at radius 2 is 1.05 bits per heavy atom. The van der Waals surface area contributed by atoms with Gasteiger partial charge in [-0.1, -0.05) is 38.5 Å². The molecule has 0 aromatic carbocycles. The van der Waals surface area contributed by atoms with Crippen LogP contribution < -0.4 is 0 Å². The molecule has 0 radical (unpaired) electrons. The van der Waals surface area contributed by atoms with Gasteiger partial charge in [0.15, 0.2) is 0 Å². The first kappa shape index (κ1) is 15.9. The van der Waals surface area contributed by atoms with E-state index in [1.807, 2.05) is 14.2 Å². The maximum Gasteiger partial charge on any atom is 0.522 e. The molecule has 0 amide bonds. The molecule has 3 fully saturated rings. The van der Waals surface area contributed by atoms with Crippen molar-refractivity contribution >= 4 is 8.88 Å². The predicted octanol–water partition coefficient (Wildman–Crippen LogP) is 3.00. The maximum atomic E-state index is 6.15. The van der Waals surface area contributed by atoms with Crippen LogP contribution in [-0.2, 0) is 8.85 Å². The summed E-state index contributed by atoms with van der Waals surface area (Å²) in [5.41, 5.74) is 0. The van der Waals surface area contributed by atoms with Gasteiger partial charge in [0.25, 0.3) is 0 Å². The highest BCUT2D eigenvalue weighted by Gasteiger charge is 2.58. The van der Waals surface area contributed by atoms with Crippen LogP contribution in [0.15, 0.2) is 0 Å². The fourth-order valence-corrected chi connectivity index (χ4v) is 8.47. The number of hydrogen-bond donors (Lipinski definition) is 0. The normalized spacial score (nSPS) is 30.0. The molecule has 0 unspecified atom stereocenters. The van der Waals surface area contributed by atoms with E-state index >= 15 is 0 Å². The van der Waals surface area contributed by atoms with E-state index in [2.05, 4.69) is 9.13 Å². The molecule has 0 atom stereocenters. The molecule has 1 aliphatic heterocycles. The Hall–Kier alpha value is 0.0569. The third kappa shape index (κ3) is 2.95. The number of nitrogens with zero attached hydrogens (tertiary/aromatic N) is 2. The van der Waals surface area contributed by atoms with E-state index in [1.54, 1.807) is 0 Å². The van der Waals surface area contributed by atoms with Crippen LogP contribution in [0.4, 0.5) is 0 Å². The zero-order valence-electron chi connectivity index (χ0n) is 13.9. The van der Waals surface area contributed by atoms with E-state index in [9.17, 15) is 0 Å². The van der Waals surface area contributed by atoms with Crippen molar-refractivity contribution in [1.29, 1.82) is 0 Å². The Bertz CT molecular complexity index is 298. The Morgan fingerprint density at radius 3 is 1.38 bits per heavy atom. The first-order chi connectivity index (χ1) is 10.3. The molecule has 5 heteroatoms. The zero-order chi connectivity index (χ0) is 14.7. The lowest BCUT2D eigenvalue weighted by atomic mass is 9.95. The Balaban J connectivity index is 1.78. The van der Waals surface area contributed by atoms with Crippen molar-refractivity contribution in [3.63, 3.8) is 0 Å². The van der Waals surface area contributed by atoms with Gasteiger partial charge in [0.05, 0.1) is 0 Å². The van der Waals surface area contributed by atoms with Crippen LogP contribution in [-0.4, -0.2) is 57.4 Å². The molecule has 0 aromatic heterocycles. The van der Waals surface area contributed by atoms with Crippen molar-refractivity contribution in [1.82, 2.24) is 9.13 Å². The van der Waals surface area contributed by atoms with Crippen LogP contribution >= 0.6 is 0 Å². The number of rotatable bonds is 4. The molecule has 0 N–H and O–H groups in total. The Kier molecular flexibility index (Phi) is 5.38. The standard InChI is InChI=1S/C16H32N2O2Si/c1-19-21(20-2)17(15-9-5-3-6-10-15)13-14-18(21)16-11-7-4-8-12-16/h15-16H,3-14H2,1-2H3. The van der Waals surface area contributed by atoms with Crippen molar-refractivity contribution in [2.24, 2.45) is 0 Å². The summed E-state index contributed by atoms with van der Waals surface area (Å²) in [7, 11) is 1.42. The molecular formula is C16H32N2O2Si. The van der Waals surface area contributed by atoms with Gasteiger partial charge in [-0.3, -0.25) is 9.13 Å². The summed E-state index contributed by atoms with van der Waals surface area (Å²) in [5, 5.41) is 0. The average molecular weight is 313 g/mol. The molecular weight excluding hydrogens is 280 g/mol. The van der Waals surface area contributed by atoms with E-state index in [4.69, 9.17) is 8.85 Å². The smallest absolute Gasteiger partial charge is 0.374 e. The third-order valence-corrected chi connectivity index (χ3v) is 9.56. The molecule has 2 saturated carbocycles. The second-order valence-corrected chi connectivity index (χ2v) is 9.99. The van der Waals surface area contributed by atoms with Crippen molar-refractivity contribution in [3.8, 4) is 0 Å². The topological polar surface area (TPSA) is 24.9 Å². The highest BCUT2D eigenvalue weighted by Crippen LogP contribution is 2.36. The van der Waals surface area contributed by atoms with Crippen molar-refractivity contribution in [2.45, 2.75) is 76.3 Å². The lowest BCUT2D eigenvalue weighted by Crippen LogP contribution is -2.67. The van der Waals surface area contributed by atoms with E-state index in [-0.39, 0.29) is 0 Å². The van der Waals surface area contributed by atoms with E-state index in [0.717, 1.165) is 13.1 Å².